The molecule has 2 N–H and O–H groups in total. The van der Waals surface area contributed by atoms with Crippen LogP contribution in [-0.4, -0.2) is 45.1 Å². The number of amides is 1. The lowest BCUT2D eigenvalue weighted by Crippen LogP contribution is -2.44. The van der Waals surface area contributed by atoms with Crippen LogP contribution in [0.2, 0.25) is 0 Å². The molecule has 2 fully saturated rings. The minimum Gasteiger partial charge on any atom is -0.342 e. The molecule has 2 unspecified atom stereocenters. The maximum Gasteiger partial charge on any atom is 0.230 e. The van der Waals surface area contributed by atoms with Gasteiger partial charge in [-0.25, -0.2) is 0 Å². The molecule has 0 spiro atoms. The Bertz CT molecular complexity index is 739. The van der Waals surface area contributed by atoms with Gasteiger partial charge in [0.15, 0.2) is 0 Å². The summed E-state index contributed by atoms with van der Waals surface area (Å²) in [5.41, 5.74) is 6.75. The van der Waals surface area contributed by atoms with E-state index in [0.717, 1.165) is 51.6 Å². The van der Waals surface area contributed by atoms with Crippen LogP contribution < -0.4 is 5.73 Å². The molecule has 1 aliphatic carbocycles. The topological polar surface area (TPSA) is 98.1 Å². The first-order valence-electron chi connectivity index (χ1n) is 9.50. The summed E-state index contributed by atoms with van der Waals surface area (Å²) in [5, 5.41) is 4.05. The van der Waals surface area contributed by atoms with Gasteiger partial charge in [-0.3, -0.25) is 9.78 Å². The van der Waals surface area contributed by atoms with Crippen LogP contribution in [0, 0.1) is 5.92 Å². The van der Waals surface area contributed by atoms with Crippen LogP contribution >= 0.6 is 0 Å². The highest BCUT2D eigenvalue weighted by atomic mass is 16.5. The van der Waals surface area contributed by atoms with Crippen molar-refractivity contribution in [3.05, 3.63) is 30.3 Å². The van der Waals surface area contributed by atoms with Gasteiger partial charge in [0.2, 0.25) is 17.6 Å². The number of carbonyl (C=O) groups is 1. The highest BCUT2D eigenvalue weighted by Crippen LogP contribution is 2.31. The molecule has 2 aromatic rings. The molecule has 26 heavy (non-hydrogen) atoms. The van der Waals surface area contributed by atoms with E-state index in [4.69, 9.17) is 10.3 Å². The number of carbonyl (C=O) groups excluding carboxylic acids is 1. The van der Waals surface area contributed by atoms with Crippen molar-refractivity contribution in [2.45, 2.75) is 50.5 Å². The maximum absolute atomic E-state index is 12.7. The van der Waals surface area contributed by atoms with Crippen molar-refractivity contribution in [1.82, 2.24) is 20.0 Å². The van der Waals surface area contributed by atoms with Gasteiger partial charge >= 0.3 is 0 Å². The summed E-state index contributed by atoms with van der Waals surface area (Å²) in [6.07, 6.45) is 7.34. The number of nitrogens with two attached hydrogens (primary N) is 1. The van der Waals surface area contributed by atoms with Crippen molar-refractivity contribution in [2.24, 2.45) is 11.7 Å². The molecule has 4 rings (SSSR count). The van der Waals surface area contributed by atoms with Crippen LogP contribution in [0.5, 0.6) is 0 Å². The Morgan fingerprint density at radius 2 is 2.04 bits per heavy atom. The van der Waals surface area contributed by atoms with Crippen LogP contribution in [-0.2, 0) is 4.79 Å². The second-order valence-corrected chi connectivity index (χ2v) is 7.39. The summed E-state index contributed by atoms with van der Waals surface area (Å²) < 4.78 is 5.46. The monoisotopic (exact) mass is 355 g/mol. The number of likely N-dealkylation sites (tertiary alicyclic amines) is 1. The fraction of sp³-hybridized carbons (Fsp3) is 0.579. The second-order valence-electron chi connectivity index (χ2n) is 7.39. The van der Waals surface area contributed by atoms with Gasteiger partial charge < -0.3 is 15.2 Å². The molecule has 138 valence electrons. The molecule has 2 aliphatic rings. The second kappa shape index (κ2) is 7.53. The zero-order valence-electron chi connectivity index (χ0n) is 14.9. The molecular weight excluding hydrogens is 330 g/mol. The van der Waals surface area contributed by atoms with E-state index in [9.17, 15) is 4.79 Å². The van der Waals surface area contributed by atoms with E-state index in [1.54, 1.807) is 6.20 Å². The third kappa shape index (κ3) is 3.62. The van der Waals surface area contributed by atoms with Crippen molar-refractivity contribution in [3.8, 4) is 11.5 Å². The van der Waals surface area contributed by atoms with Crippen LogP contribution in [0.1, 0.15) is 50.3 Å². The molecule has 7 heteroatoms. The predicted octanol–water partition coefficient (Wildman–Crippen LogP) is 2.36. The van der Waals surface area contributed by atoms with Gasteiger partial charge in [-0.1, -0.05) is 17.6 Å². The molecule has 1 saturated carbocycles. The molecule has 0 aromatic carbocycles. The van der Waals surface area contributed by atoms with E-state index >= 15 is 0 Å². The van der Waals surface area contributed by atoms with Crippen LogP contribution in [0.3, 0.4) is 0 Å². The Morgan fingerprint density at radius 1 is 1.19 bits per heavy atom. The normalized spacial score (nSPS) is 24.6. The van der Waals surface area contributed by atoms with E-state index in [0.29, 0.717) is 17.4 Å². The third-order valence-electron chi connectivity index (χ3n) is 5.56. The Hall–Kier alpha value is -2.28. The van der Waals surface area contributed by atoms with E-state index in [-0.39, 0.29) is 23.8 Å². The summed E-state index contributed by atoms with van der Waals surface area (Å²) in [7, 11) is 0. The van der Waals surface area contributed by atoms with Gasteiger partial charge in [-0.05, 0) is 44.2 Å². The fourth-order valence-corrected chi connectivity index (χ4v) is 4.06. The summed E-state index contributed by atoms with van der Waals surface area (Å²) in [4.78, 5) is 23.5. The highest BCUT2D eigenvalue weighted by molar-refractivity contribution is 5.79. The first kappa shape index (κ1) is 17.1. The van der Waals surface area contributed by atoms with Crippen molar-refractivity contribution >= 4 is 5.91 Å². The summed E-state index contributed by atoms with van der Waals surface area (Å²) in [6.45, 7) is 1.49. The minimum absolute atomic E-state index is 0.106. The van der Waals surface area contributed by atoms with Gasteiger partial charge in [0.1, 0.15) is 5.69 Å². The lowest BCUT2D eigenvalue weighted by Gasteiger charge is -2.35. The number of rotatable bonds is 3. The molecule has 7 nitrogen and oxygen atoms in total. The zero-order chi connectivity index (χ0) is 17.9. The molecule has 3 heterocycles. The number of aromatic nitrogens is 3. The van der Waals surface area contributed by atoms with E-state index in [2.05, 4.69) is 15.1 Å². The van der Waals surface area contributed by atoms with Crippen molar-refractivity contribution in [2.75, 3.05) is 13.1 Å². The molecule has 0 bridgehead atoms. The minimum atomic E-state index is 0.106. The van der Waals surface area contributed by atoms with Crippen molar-refractivity contribution in [1.29, 1.82) is 0 Å². The first-order chi connectivity index (χ1) is 12.7. The average Bonchev–Trinajstić information content (AvgIpc) is 3.18. The van der Waals surface area contributed by atoms with Gasteiger partial charge in [0, 0.05) is 37.2 Å². The molecule has 1 aliphatic heterocycles. The van der Waals surface area contributed by atoms with Crippen LogP contribution in [0.25, 0.3) is 11.5 Å². The quantitative estimate of drug-likeness (QED) is 0.907. The molecule has 1 saturated heterocycles. The van der Waals surface area contributed by atoms with Gasteiger partial charge in [-0.15, -0.1) is 0 Å². The summed E-state index contributed by atoms with van der Waals surface area (Å²) in [6, 6.07) is 5.81. The highest BCUT2D eigenvalue weighted by Gasteiger charge is 2.32. The van der Waals surface area contributed by atoms with Crippen molar-refractivity contribution < 1.29 is 9.32 Å². The number of pyridine rings is 1. The standard InChI is InChI=1S/C19H25N5O2/c20-15-5-3-4-14(12-15)19(25)24-10-7-13(8-11-24)18-22-17(23-26-18)16-6-1-2-9-21-16/h1-2,6,9,13-15H,3-5,7-8,10-12,20H2. The number of hydrogen-bond acceptors (Lipinski definition) is 6. The number of hydrogen-bond donors (Lipinski definition) is 1. The van der Waals surface area contributed by atoms with E-state index in [1.165, 1.54) is 0 Å². The third-order valence-corrected chi connectivity index (χ3v) is 5.56. The van der Waals surface area contributed by atoms with E-state index < -0.39 is 0 Å². The van der Waals surface area contributed by atoms with Crippen LogP contribution in [0.4, 0.5) is 0 Å². The Balaban J connectivity index is 1.35. The first-order valence-corrected chi connectivity index (χ1v) is 9.50. The molecule has 2 atom stereocenters. The molecule has 1 amide bonds. The largest absolute Gasteiger partial charge is 0.342 e. The fourth-order valence-electron chi connectivity index (χ4n) is 4.06. The summed E-state index contributed by atoms with van der Waals surface area (Å²) in [5.74, 6) is 1.76. The lowest BCUT2D eigenvalue weighted by atomic mass is 9.84. The van der Waals surface area contributed by atoms with Crippen molar-refractivity contribution in [3.63, 3.8) is 0 Å². The van der Waals surface area contributed by atoms with Gasteiger partial charge in [-0.2, -0.15) is 4.98 Å². The molecular formula is C19H25N5O2. The Labute approximate surface area is 153 Å². The zero-order valence-corrected chi connectivity index (χ0v) is 14.9. The summed E-state index contributed by atoms with van der Waals surface area (Å²) >= 11 is 0. The predicted molar refractivity (Wildman–Crippen MR) is 96.0 cm³/mol. The van der Waals surface area contributed by atoms with E-state index in [1.807, 2.05) is 23.1 Å². The number of piperidine rings is 1. The van der Waals surface area contributed by atoms with Crippen LogP contribution in [0.15, 0.2) is 28.9 Å². The SMILES string of the molecule is NC1CCCC(C(=O)N2CCC(c3nc(-c4ccccn4)no3)CC2)C1. The Kier molecular flexibility index (Phi) is 4.97. The van der Waals surface area contributed by atoms with Gasteiger partial charge in [0.05, 0.1) is 0 Å². The Morgan fingerprint density at radius 3 is 2.77 bits per heavy atom. The maximum atomic E-state index is 12.7. The lowest BCUT2D eigenvalue weighted by molar-refractivity contribution is -0.137. The van der Waals surface area contributed by atoms with Gasteiger partial charge in [0.25, 0.3) is 0 Å². The average molecular weight is 355 g/mol. The smallest absolute Gasteiger partial charge is 0.230 e. The molecule has 0 radical (unpaired) electrons. The molecule has 2 aromatic heterocycles. The number of nitrogens with zero attached hydrogens (tertiary/aromatic N) is 4.